The number of hydrogen-bond donors (Lipinski definition) is 1. The smallest absolute Gasteiger partial charge is 0.258 e. The largest absolute Gasteiger partial charge is 0.382 e. The second kappa shape index (κ2) is 10.3. The molecule has 1 atom stereocenters. The minimum Gasteiger partial charge on any atom is -0.382 e. The minimum absolute atomic E-state index is 0.174. The zero-order valence-corrected chi connectivity index (χ0v) is 20.4. The fraction of sp³-hybridized carbons (Fsp3) is 0.346. The molecule has 0 bridgehead atoms. The van der Waals surface area contributed by atoms with E-state index in [0.717, 1.165) is 40.9 Å². The predicted octanol–water partition coefficient (Wildman–Crippen LogP) is 5.44. The van der Waals surface area contributed by atoms with Gasteiger partial charge >= 0.3 is 0 Å². The second-order valence-electron chi connectivity index (χ2n) is 8.29. The first kappa shape index (κ1) is 23.1. The summed E-state index contributed by atoms with van der Waals surface area (Å²) >= 11 is 5.76. The highest BCUT2D eigenvalue weighted by Crippen LogP contribution is 2.37. The number of ether oxygens (including phenoxy) is 1. The lowest BCUT2D eigenvalue weighted by Crippen LogP contribution is -2.46. The van der Waals surface area contributed by atoms with E-state index >= 15 is 0 Å². The van der Waals surface area contributed by atoms with Gasteiger partial charge in [0.25, 0.3) is 5.89 Å². The Kier molecular flexibility index (Phi) is 7.20. The summed E-state index contributed by atoms with van der Waals surface area (Å²) < 4.78 is 11.3. The molecule has 7 heteroatoms. The Labute approximate surface area is 200 Å². The zero-order valence-electron chi connectivity index (χ0n) is 19.6. The van der Waals surface area contributed by atoms with Gasteiger partial charge in [-0.15, -0.1) is 0 Å². The molecular formula is C26H30N4O2S. The third-order valence-electron chi connectivity index (χ3n) is 5.81. The van der Waals surface area contributed by atoms with Gasteiger partial charge in [-0.25, -0.2) is 0 Å². The topological polar surface area (TPSA) is 63.4 Å². The molecule has 0 saturated heterocycles. The number of aryl methyl sites for hydroxylation is 2. The van der Waals surface area contributed by atoms with Gasteiger partial charge in [0.2, 0.25) is 5.82 Å². The van der Waals surface area contributed by atoms with E-state index in [1.807, 2.05) is 19.1 Å². The highest BCUT2D eigenvalue weighted by atomic mass is 32.1. The molecule has 1 aromatic heterocycles. The molecule has 33 heavy (non-hydrogen) atoms. The number of nitrogens with one attached hydrogen (secondary N) is 1. The van der Waals surface area contributed by atoms with Gasteiger partial charge in [-0.05, 0) is 58.0 Å². The molecule has 2 aromatic carbocycles. The second-order valence-corrected chi connectivity index (χ2v) is 8.67. The maximum atomic E-state index is 5.82. The molecule has 1 aliphatic rings. The zero-order chi connectivity index (χ0) is 23.4. The van der Waals surface area contributed by atoms with Crippen molar-refractivity contribution >= 4 is 22.9 Å². The Bertz CT molecular complexity index is 1150. The first-order chi connectivity index (χ1) is 16.0. The summed E-state index contributed by atoms with van der Waals surface area (Å²) in [6.07, 6.45) is 0.869. The molecule has 1 unspecified atom stereocenters. The van der Waals surface area contributed by atoms with Crippen LogP contribution in [0.5, 0.6) is 0 Å². The monoisotopic (exact) mass is 462 g/mol. The van der Waals surface area contributed by atoms with E-state index in [1.165, 1.54) is 5.56 Å². The standard InChI is InChI=1S/C26H30N4O2S/c1-5-31-15-7-14-30-19(4)22(23(27-26(30)33)20-12-10-17(2)11-13-20)25-28-24(29-32-25)21-9-6-8-18(3)16-21/h6,8-13,16,23H,5,7,14-15H2,1-4H3,(H,27,33). The van der Waals surface area contributed by atoms with Gasteiger partial charge in [0.05, 0.1) is 11.6 Å². The Balaban J connectivity index is 1.74. The number of nitrogens with zero attached hydrogens (tertiary/aromatic N) is 3. The summed E-state index contributed by atoms with van der Waals surface area (Å²) in [4.78, 5) is 6.89. The van der Waals surface area contributed by atoms with Gasteiger partial charge < -0.3 is 19.5 Å². The van der Waals surface area contributed by atoms with Crippen molar-refractivity contribution in [3.8, 4) is 11.4 Å². The Morgan fingerprint density at radius 2 is 1.88 bits per heavy atom. The molecule has 0 aliphatic carbocycles. The van der Waals surface area contributed by atoms with Crippen LogP contribution in [0.1, 0.15) is 48.9 Å². The van der Waals surface area contributed by atoms with E-state index in [9.17, 15) is 0 Å². The maximum absolute atomic E-state index is 5.82. The molecule has 172 valence electrons. The van der Waals surface area contributed by atoms with Gasteiger partial charge in [0.15, 0.2) is 5.11 Å². The number of allylic oxidation sites excluding steroid dienone is 1. The van der Waals surface area contributed by atoms with Gasteiger partial charge in [0, 0.05) is 31.0 Å². The molecule has 0 fully saturated rings. The summed E-state index contributed by atoms with van der Waals surface area (Å²) in [6.45, 7) is 10.4. The van der Waals surface area contributed by atoms with Crippen molar-refractivity contribution in [3.05, 3.63) is 76.8 Å². The van der Waals surface area contributed by atoms with Crippen LogP contribution in [0.25, 0.3) is 17.0 Å². The Hall–Kier alpha value is -3.03. The molecule has 0 spiro atoms. The number of hydrogen-bond acceptors (Lipinski definition) is 5. The molecule has 1 aliphatic heterocycles. The van der Waals surface area contributed by atoms with E-state index in [1.54, 1.807) is 0 Å². The quantitative estimate of drug-likeness (QED) is 0.353. The van der Waals surface area contributed by atoms with Crippen molar-refractivity contribution in [1.29, 1.82) is 0 Å². The van der Waals surface area contributed by atoms with Crippen molar-refractivity contribution < 1.29 is 9.26 Å². The van der Waals surface area contributed by atoms with E-state index in [4.69, 9.17) is 26.5 Å². The van der Waals surface area contributed by atoms with Gasteiger partial charge in [-0.1, -0.05) is 58.7 Å². The van der Waals surface area contributed by atoms with Crippen molar-refractivity contribution in [2.45, 2.75) is 40.2 Å². The van der Waals surface area contributed by atoms with Crippen molar-refractivity contribution in [3.63, 3.8) is 0 Å². The third-order valence-corrected chi connectivity index (χ3v) is 6.15. The average Bonchev–Trinajstić information content (AvgIpc) is 3.28. The van der Waals surface area contributed by atoms with Crippen molar-refractivity contribution in [1.82, 2.24) is 20.4 Å². The molecule has 0 radical (unpaired) electrons. The lowest BCUT2D eigenvalue weighted by Gasteiger charge is -2.37. The normalized spacial score (nSPS) is 16.3. The molecule has 6 nitrogen and oxygen atoms in total. The average molecular weight is 463 g/mol. The summed E-state index contributed by atoms with van der Waals surface area (Å²) in [6, 6.07) is 16.4. The van der Waals surface area contributed by atoms with Crippen LogP contribution in [0, 0.1) is 13.8 Å². The molecule has 1 N–H and O–H groups in total. The Morgan fingerprint density at radius 1 is 1.09 bits per heavy atom. The SMILES string of the molecule is CCOCCCN1C(=S)NC(c2ccc(C)cc2)C(c2nc(-c3cccc(C)c3)no2)=C1C. The van der Waals surface area contributed by atoms with Crippen molar-refractivity contribution in [2.75, 3.05) is 19.8 Å². The summed E-state index contributed by atoms with van der Waals surface area (Å²) in [5.74, 6) is 1.08. The van der Waals surface area contributed by atoms with Crippen LogP contribution < -0.4 is 5.32 Å². The lowest BCUT2D eigenvalue weighted by atomic mass is 9.94. The van der Waals surface area contributed by atoms with E-state index in [0.29, 0.717) is 30.0 Å². The van der Waals surface area contributed by atoms with Crippen LogP contribution in [-0.4, -0.2) is 39.9 Å². The van der Waals surface area contributed by atoms with E-state index in [2.05, 4.69) is 72.5 Å². The summed E-state index contributed by atoms with van der Waals surface area (Å²) in [5, 5.41) is 8.49. The fourth-order valence-electron chi connectivity index (χ4n) is 4.04. The van der Waals surface area contributed by atoms with Gasteiger partial charge in [-0.2, -0.15) is 4.98 Å². The van der Waals surface area contributed by atoms with Crippen LogP contribution in [0.2, 0.25) is 0 Å². The first-order valence-electron chi connectivity index (χ1n) is 11.3. The van der Waals surface area contributed by atoms with Crippen LogP contribution in [-0.2, 0) is 4.74 Å². The van der Waals surface area contributed by atoms with Gasteiger partial charge in [0.1, 0.15) is 0 Å². The van der Waals surface area contributed by atoms with Crippen LogP contribution in [0.4, 0.5) is 0 Å². The summed E-state index contributed by atoms with van der Waals surface area (Å²) in [7, 11) is 0. The fourth-order valence-corrected chi connectivity index (χ4v) is 4.39. The number of benzene rings is 2. The number of rotatable bonds is 8. The van der Waals surface area contributed by atoms with E-state index in [-0.39, 0.29) is 6.04 Å². The maximum Gasteiger partial charge on any atom is 0.258 e. The summed E-state index contributed by atoms with van der Waals surface area (Å²) in [5.41, 5.74) is 6.34. The highest BCUT2D eigenvalue weighted by Gasteiger charge is 2.33. The predicted molar refractivity (Wildman–Crippen MR) is 135 cm³/mol. The Morgan fingerprint density at radius 3 is 2.61 bits per heavy atom. The molecule has 0 amide bonds. The number of aromatic nitrogens is 2. The molecular weight excluding hydrogens is 432 g/mol. The van der Waals surface area contributed by atoms with Crippen molar-refractivity contribution in [2.24, 2.45) is 0 Å². The molecule has 2 heterocycles. The van der Waals surface area contributed by atoms with Crippen LogP contribution in [0.15, 0.2) is 58.8 Å². The highest BCUT2D eigenvalue weighted by molar-refractivity contribution is 7.80. The molecule has 0 saturated carbocycles. The molecule has 3 aromatic rings. The van der Waals surface area contributed by atoms with E-state index < -0.39 is 0 Å². The minimum atomic E-state index is -0.174. The first-order valence-corrected chi connectivity index (χ1v) is 11.7. The number of thiocarbonyl (C=S) groups is 1. The van der Waals surface area contributed by atoms with Gasteiger partial charge in [-0.3, -0.25) is 0 Å². The molecule has 4 rings (SSSR count). The third kappa shape index (κ3) is 5.15. The van der Waals surface area contributed by atoms with Crippen LogP contribution >= 0.6 is 12.2 Å². The lowest BCUT2D eigenvalue weighted by molar-refractivity contribution is 0.141. The van der Waals surface area contributed by atoms with Crippen LogP contribution in [0.3, 0.4) is 0 Å².